The Balaban J connectivity index is 1.84. The molecule has 25 heavy (non-hydrogen) atoms. The van der Waals surface area contributed by atoms with Crippen LogP contribution >= 0.6 is 0 Å². The molecule has 0 spiro atoms. The number of hydrogen-bond donors (Lipinski definition) is 1. The van der Waals surface area contributed by atoms with E-state index in [-0.39, 0.29) is 35.6 Å². The van der Waals surface area contributed by atoms with E-state index in [2.05, 4.69) is 5.32 Å². The zero-order valence-electron chi connectivity index (χ0n) is 14.0. The third kappa shape index (κ3) is 5.56. The molecule has 0 heterocycles. The Morgan fingerprint density at radius 2 is 1.80 bits per heavy atom. The monoisotopic (exact) mass is 365 g/mol. The van der Waals surface area contributed by atoms with E-state index in [0.29, 0.717) is 0 Å². The molecule has 0 aliphatic heterocycles. The second-order valence-electron chi connectivity index (χ2n) is 5.66. The molecule has 1 amide bonds. The van der Waals surface area contributed by atoms with Gasteiger partial charge in [-0.15, -0.1) is 0 Å². The summed E-state index contributed by atoms with van der Waals surface area (Å²) in [4.78, 5) is 12.2. The molecular weight excluding hydrogens is 345 g/mol. The number of carbonyl (C=O) groups is 1. The van der Waals surface area contributed by atoms with Gasteiger partial charge in [-0.25, -0.2) is 12.8 Å². The van der Waals surface area contributed by atoms with Crippen molar-refractivity contribution in [1.82, 2.24) is 5.32 Å². The lowest BCUT2D eigenvalue weighted by molar-refractivity contribution is -0.122. The number of amides is 1. The van der Waals surface area contributed by atoms with E-state index < -0.39 is 15.7 Å². The first-order valence-corrected chi connectivity index (χ1v) is 9.63. The van der Waals surface area contributed by atoms with Crippen LogP contribution < -0.4 is 10.1 Å². The lowest BCUT2D eigenvalue weighted by Crippen LogP contribution is -2.27. The van der Waals surface area contributed by atoms with Crippen molar-refractivity contribution < 1.29 is 22.3 Å². The van der Waals surface area contributed by atoms with E-state index in [1.165, 1.54) is 24.3 Å². The largest absolute Gasteiger partial charge is 0.490 e. The van der Waals surface area contributed by atoms with Crippen molar-refractivity contribution in [3.05, 3.63) is 59.9 Å². The van der Waals surface area contributed by atoms with Gasteiger partial charge in [-0.3, -0.25) is 4.79 Å². The van der Waals surface area contributed by atoms with Crippen LogP contribution in [0.4, 0.5) is 4.39 Å². The van der Waals surface area contributed by atoms with Gasteiger partial charge in [0, 0.05) is 6.26 Å². The average Bonchev–Trinajstić information content (AvgIpc) is 2.56. The summed E-state index contributed by atoms with van der Waals surface area (Å²) < 4.78 is 41.5. The minimum absolute atomic E-state index is 0.0620. The second-order valence-corrected chi connectivity index (χ2v) is 7.68. The minimum Gasteiger partial charge on any atom is -0.490 e. The summed E-state index contributed by atoms with van der Waals surface area (Å²) >= 11 is 0. The van der Waals surface area contributed by atoms with Crippen LogP contribution in [0.2, 0.25) is 0 Å². The number of rotatable bonds is 7. The zero-order valence-corrected chi connectivity index (χ0v) is 14.8. The van der Waals surface area contributed by atoms with Gasteiger partial charge in [0.15, 0.2) is 21.4 Å². The molecule has 2 aromatic carbocycles. The lowest BCUT2D eigenvalue weighted by atomic mass is 10.1. The molecule has 0 aliphatic carbocycles. The van der Waals surface area contributed by atoms with Gasteiger partial charge in [-0.2, -0.15) is 0 Å². The quantitative estimate of drug-likeness (QED) is 0.819. The SMILES string of the molecule is CC(NC(=O)CCOc1ccccc1F)c1ccc(S(C)(=O)=O)cc1. The van der Waals surface area contributed by atoms with Gasteiger partial charge in [0.05, 0.1) is 24.0 Å². The maximum Gasteiger partial charge on any atom is 0.223 e. The number of hydrogen-bond acceptors (Lipinski definition) is 4. The van der Waals surface area contributed by atoms with Crippen molar-refractivity contribution >= 4 is 15.7 Å². The highest BCUT2D eigenvalue weighted by Crippen LogP contribution is 2.17. The van der Waals surface area contributed by atoms with E-state index >= 15 is 0 Å². The molecule has 0 saturated heterocycles. The van der Waals surface area contributed by atoms with Crippen molar-refractivity contribution in [1.29, 1.82) is 0 Å². The molecular formula is C18H20FNO4S. The Morgan fingerprint density at radius 1 is 1.16 bits per heavy atom. The molecule has 1 N–H and O–H groups in total. The Hall–Kier alpha value is -2.41. The molecule has 0 aliphatic rings. The summed E-state index contributed by atoms with van der Waals surface area (Å²) in [5, 5.41) is 2.79. The average molecular weight is 365 g/mol. The Kier molecular flexibility index (Phi) is 6.14. The van der Waals surface area contributed by atoms with E-state index in [1.807, 2.05) is 0 Å². The molecule has 7 heteroatoms. The summed E-state index contributed by atoms with van der Waals surface area (Å²) in [6.45, 7) is 1.86. The Labute approximate surface area is 146 Å². The molecule has 1 unspecified atom stereocenters. The third-order valence-electron chi connectivity index (χ3n) is 3.61. The molecule has 134 valence electrons. The normalized spacial score (nSPS) is 12.4. The van der Waals surface area contributed by atoms with Crippen molar-refractivity contribution in [2.75, 3.05) is 12.9 Å². The number of para-hydroxylation sites is 1. The fourth-order valence-electron chi connectivity index (χ4n) is 2.22. The first-order valence-electron chi connectivity index (χ1n) is 7.74. The zero-order chi connectivity index (χ0) is 18.4. The van der Waals surface area contributed by atoms with Gasteiger partial charge in [-0.05, 0) is 36.8 Å². The summed E-state index contributed by atoms with van der Waals surface area (Å²) in [5.74, 6) is -0.599. The molecule has 0 aromatic heterocycles. The first-order chi connectivity index (χ1) is 11.8. The van der Waals surface area contributed by atoms with E-state index in [0.717, 1.165) is 11.8 Å². The van der Waals surface area contributed by atoms with E-state index in [4.69, 9.17) is 4.74 Å². The lowest BCUT2D eigenvalue weighted by Gasteiger charge is -2.15. The Bertz CT molecular complexity index is 834. The third-order valence-corrected chi connectivity index (χ3v) is 4.74. The number of halogens is 1. The van der Waals surface area contributed by atoms with Gasteiger partial charge >= 0.3 is 0 Å². The van der Waals surface area contributed by atoms with Crippen LogP contribution in [0, 0.1) is 5.82 Å². The highest BCUT2D eigenvalue weighted by Gasteiger charge is 2.12. The predicted molar refractivity (Wildman–Crippen MR) is 92.6 cm³/mol. The maximum atomic E-state index is 13.4. The molecule has 2 rings (SSSR count). The Morgan fingerprint density at radius 3 is 2.40 bits per heavy atom. The number of benzene rings is 2. The molecule has 2 aromatic rings. The standard InChI is InChI=1S/C18H20FNO4S/c1-13(14-7-9-15(10-8-14)25(2,22)23)20-18(21)11-12-24-17-6-4-3-5-16(17)19/h3-10,13H,11-12H2,1-2H3,(H,20,21). The minimum atomic E-state index is -3.24. The summed E-state index contributed by atoms with van der Waals surface area (Å²) in [6.07, 6.45) is 1.23. The first kappa shape index (κ1) is 18.9. The van der Waals surface area contributed by atoms with Crippen LogP contribution in [0.5, 0.6) is 5.75 Å². The smallest absolute Gasteiger partial charge is 0.223 e. The molecule has 0 fully saturated rings. The number of ether oxygens (including phenoxy) is 1. The summed E-state index contributed by atoms with van der Waals surface area (Å²) in [6, 6.07) is 12.1. The van der Waals surface area contributed by atoms with Crippen LogP contribution in [0.3, 0.4) is 0 Å². The molecule has 0 bridgehead atoms. The predicted octanol–water partition coefficient (Wildman–Crippen LogP) is 2.88. The van der Waals surface area contributed by atoms with Gasteiger partial charge < -0.3 is 10.1 Å². The van der Waals surface area contributed by atoms with Gasteiger partial charge in [0.1, 0.15) is 0 Å². The highest BCUT2D eigenvalue weighted by atomic mass is 32.2. The van der Waals surface area contributed by atoms with Crippen LogP contribution in [-0.4, -0.2) is 27.2 Å². The van der Waals surface area contributed by atoms with E-state index in [9.17, 15) is 17.6 Å². The van der Waals surface area contributed by atoms with Crippen molar-refractivity contribution in [3.63, 3.8) is 0 Å². The molecule has 0 radical (unpaired) electrons. The number of sulfone groups is 1. The van der Waals surface area contributed by atoms with Crippen LogP contribution in [0.1, 0.15) is 24.9 Å². The van der Waals surface area contributed by atoms with Crippen LogP contribution in [0.25, 0.3) is 0 Å². The number of carbonyl (C=O) groups excluding carboxylic acids is 1. The van der Waals surface area contributed by atoms with Crippen LogP contribution in [0.15, 0.2) is 53.4 Å². The van der Waals surface area contributed by atoms with Crippen molar-refractivity contribution in [2.24, 2.45) is 0 Å². The van der Waals surface area contributed by atoms with E-state index in [1.54, 1.807) is 31.2 Å². The second kappa shape index (κ2) is 8.11. The fourth-order valence-corrected chi connectivity index (χ4v) is 2.85. The topological polar surface area (TPSA) is 72.5 Å². The maximum absolute atomic E-state index is 13.4. The van der Waals surface area contributed by atoms with Crippen molar-refractivity contribution in [2.45, 2.75) is 24.3 Å². The fraction of sp³-hybridized carbons (Fsp3) is 0.278. The van der Waals surface area contributed by atoms with Gasteiger partial charge in [-0.1, -0.05) is 24.3 Å². The molecule has 5 nitrogen and oxygen atoms in total. The van der Waals surface area contributed by atoms with Gasteiger partial charge in [0.2, 0.25) is 5.91 Å². The summed E-state index contributed by atoms with van der Waals surface area (Å²) in [5.41, 5.74) is 0.788. The molecule has 1 atom stereocenters. The molecule has 0 saturated carbocycles. The van der Waals surface area contributed by atoms with Crippen LogP contribution in [-0.2, 0) is 14.6 Å². The summed E-state index contributed by atoms with van der Waals surface area (Å²) in [7, 11) is -3.24. The van der Waals surface area contributed by atoms with Gasteiger partial charge in [0.25, 0.3) is 0 Å². The number of nitrogens with one attached hydrogen (secondary N) is 1. The van der Waals surface area contributed by atoms with Crippen molar-refractivity contribution in [3.8, 4) is 5.75 Å². The highest BCUT2D eigenvalue weighted by molar-refractivity contribution is 7.90.